The number of hydrogen-bond acceptors (Lipinski definition) is 4. The molecule has 0 aliphatic carbocycles. The molecule has 0 radical (unpaired) electrons. The summed E-state index contributed by atoms with van der Waals surface area (Å²) in [6.45, 7) is 5.00. The van der Waals surface area contributed by atoms with E-state index in [1.807, 2.05) is 68.4 Å². The third-order valence-corrected chi connectivity index (χ3v) is 4.51. The molecule has 1 amide bonds. The number of ether oxygens (including phenoxy) is 2. The molecule has 1 N–H and O–H groups in total. The first-order valence-corrected chi connectivity index (χ1v) is 10.0. The molecule has 31 heavy (non-hydrogen) atoms. The number of anilines is 1. The van der Waals surface area contributed by atoms with Crippen molar-refractivity contribution in [2.24, 2.45) is 0 Å². The second kappa shape index (κ2) is 10.7. The van der Waals surface area contributed by atoms with Crippen molar-refractivity contribution < 1.29 is 14.3 Å². The van der Waals surface area contributed by atoms with Crippen molar-refractivity contribution in [3.8, 4) is 17.6 Å². The maximum absolute atomic E-state index is 12.5. The fourth-order valence-electron chi connectivity index (χ4n) is 2.83. The molecule has 0 unspecified atom stereocenters. The van der Waals surface area contributed by atoms with E-state index in [1.165, 1.54) is 5.56 Å². The lowest BCUT2D eigenvalue weighted by Gasteiger charge is -2.08. The minimum Gasteiger partial charge on any atom is -0.494 e. The minimum absolute atomic E-state index is 0.0159. The maximum Gasteiger partial charge on any atom is 0.266 e. The van der Waals surface area contributed by atoms with Crippen molar-refractivity contribution in [3.63, 3.8) is 0 Å². The minimum atomic E-state index is -0.466. The normalized spacial score (nSPS) is 10.8. The van der Waals surface area contributed by atoms with E-state index >= 15 is 0 Å². The van der Waals surface area contributed by atoms with Crippen molar-refractivity contribution in [2.75, 3.05) is 11.9 Å². The van der Waals surface area contributed by atoms with E-state index in [4.69, 9.17) is 9.47 Å². The van der Waals surface area contributed by atoms with Crippen LogP contribution in [0, 0.1) is 18.3 Å². The second-order valence-electron chi connectivity index (χ2n) is 6.92. The predicted molar refractivity (Wildman–Crippen MR) is 122 cm³/mol. The lowest BCUT2D eigenvalue weighted by Crippen LogP contribution is -2.13. The Morgan fingerprint density at radius 2 is 1.55 bits per heavy atom. The van der Waals surface area contributed by atoms with E-state index in [9.17, 15) is 10.1 Å². The Balaban J connectivity index is 1.61. The lowest BCUT2D eigenvalue weighted by atomic mass is 10.1. The average Bonchev–Trinajstić information content (AvgIpc) is 2.79. The maximum atomic E-state index is 12.5. The highest BCUT2D eigenvalue weighted by Gasteiger charge is 2.10. The van der Waals surface area contributed by atoms with Gasteiger partial charge < -0.3 is 14.8 Å². The number of benzene rings is 3. The molecule has 0 spiro atoms. The van der Waals surface area contributed by atoms with Crippen molar-refractivity contribution >= 4 is 17.7 Å². The number of rotatable bonds is 8. The Morgan fingerprint density at radius 1 is 0.935 bits per heavy atom. The van der Waals surface area contributed by atoms with Gasteiger partial charge in [-0.1, -0.05) is 42.0 Å². The molecule has 0 aliphatic rings. The van der Waals surface area contributed by atoms with E-state index in [1.54, 1.807) is 30.3 Å². The zero-order valence-corrected chi connectivity index (χ0v) is 17.6. The van der Waals surface area contributed by atoms with Crippen LogP contribution in [0.3, 0.4) is 0 Å². The molecule has 0 heterocycles. The first kappa shape index (κ1) is 21.7. The van der Waals surface area contributed by atoms with E-state index in [-0.39, 0.29) is 5.57 Å². The van der Waals surface area contributed by atoms with Crippen molar-refractivity contribution in [1.29, 1.82) is 5.26 Å². The Bertz CT molecular complexity index is 1080. The Morgan fingerprint density at radius 3 is 2.16 bits per heavy atom. The summed E-state index contributed by atoms with van der Waals surface area (Å²) in [6.07, 6.45) is 1.55. The summed E-state index contributed by atoms with van der Waals surface area (Å²) in [5, 5.41) is 12.1. The molecule has 0 saturated carbocycles. The van der Waals surface area contributed by atoms with Crippen LogP contribution < -0.4 is 14.8 Å². The summed E-state index contributed by atoms with van der Waals surface area (Å²) in [5.74, 6) is 0.975. The van der Waals surface area contributed by atoms with Gasteiger partial charge in [0.05, 0.1) is 6.61 Å². The Hall–Kier alpha value is -4.04. The van der Waals surface area contributed by atoms with Crippen LogP contribution in [0.5, 0.6) is 11.5 Å². The van der Waals surface area contributed by atoms with Crippen molar-refractivity contribution in [1.82, 2.24) is 0 Å². The third kappa shape index (κ3) is 6.48. The van der Waals surface area contributed by atoms with Gasteiger partial charge in [0.25, 0.3) is 5.91 Å². The molecule has 0 aromatic heterocycles. The van der Waals surface area contributed by atoms with Crippen LogP contribution in [0.15, 0.2) is 78.4 Å². The highest BCUT2D eigenvalue weighted by atomic mass is 16.5. The molecular weight excluding hydrogens is 388 g/mol. The number of hydrogen-bond donors (Lipinski definition) is 1. The Labute approximate surface area is 182 Å². The number of nitrogens with one attached hydrogen (secondary N) is 1. The number of carbonyl (C=O) groups is 1. The van der Waals surface area contributed by atoms with Crippen LogP contribution >= 0.6 is 0 Å². The van der Waals surface area contributed by atoms with Gasteiger partial charge in [-0.3, -0.25) is 4.79 Å². The fraction of sp³-hybridized carbons (Fsp3) is 0.154. The molecule has 5 heteroatoms. The van der Waals surface area contributed by atoms with Crippen LogP contribution in [0.25, 0.3) is 6.08 Å². The average molecular weight is 412 g/mol. The lowest BCUT2D eigenvalue weighted by molar-refractivity contribution is -0.112. The molecule has 0 fully saturated rings. The van der Waals surface area contributed by atoms with Gasteiger partial charge in [-0.2, -0.15) is 5.26 Å². The smallest absolute Gasteiger partial charge is 0.266 e. The van der Waals surface area contributed by atoms with Gasteiger partial charge in [0.15, 0.2) is 0 Å². The Kier molecular flexibility index (Phi) is 7.45. The molecule has 5 nitrogen and oxygen atoms in total. The monoisotopic (exact) mass is 412 g/mol. The molecule has 0 atom stereocenters. The molecular formula is C26H24N2O3. The zero-order valence-electron chi connectivity index (χ0n) is 17.6. The highest BCUT2D eigenvalue weighted by Crippen LogP contribution is 2.19. The number of nitriles is 1. The first-order valence-electron chi connectivity index (χ1n) is 10.0. The highest BCUT2D eigenvalue weighted by molar-refractivity contribution is 6.09. The number of carbonyl (C=O) groups excluding carboxylic acids is 1. The van der Waals surface area contributed by atoms with Gasteiger partial charge in [0, 0.05) is 5.69 Å². The van der Waals surface area contributed by atoms with Crippen molar-refractivity contribution in [3.05, 3.63) is 95.1 Å². The summed E-state index contributed by atoms with van der Waals surface area (Å²) in [6, 6.07) is 24.4. The van der Waals surface area contributed by atoms with E-state index in [0.29, 0.717) is 18.9 Å². The summed E-state index contributed by atoms with van der Waals surface area (Å²) < 4.78 is 11.2. The van der Waals surface area contributed by atoms with Crippen LogP contribution in [0.1, 0.15) is 23.6 Å². The first-order chi connectivity index (χ1) is 15.1. The van der Waals surface area contributed by atoms with Gasteiger partial charge in [-0.25, -0.2) is 0 Å². The topological polar surface area (TPSA) is 71.3 Å². The van der Waals surface area contributed by atoms with Crippen LogP contribution in [0.4, 0.5) is 5.69 Å². The zero-order chi connectivity index (χ0) is 22.1. The number of aryl methyl sites for hydroxylation is 1. The molecule has 3 aromatic carbocycles. The molecule has 0 saturated heterocycles. The van der Waals surface area contributed by atoms with Gasteiger partial charge in [0.1, 0.15) is 29.7 Å². The summed E-state index contributed by atoms with van der Waals surface area (Å²) >= 11 is 0. The predicted octanol–water partition coefficient (Wildman–Crippen LogP) is 5.52. The van der Waals surface area contributed by atoms with E-state index < -0.39 is 5.91 Å². The van der Waals surface area contributed by atoms with Gasteiger partial charge in [-0.15, -0.1) is 0 Å². The van der Waals surface area contributed by atoms with Gasteiger partial charge in [0.2, 0.25) is 0 Å². The molecule has 3 aromatic rings. The largest absolute Gasteiger partial charge is 0.494 e. The van der Waals surface area contributed by atoms with E-state index in [0.717, 1.165) is 22.6 Å². The molecule has 3 rings (SSSR count). The van der Waals surface area contributed by atoms with E-state index in [2.05, 4.69) is 5.32 Å². The quantitative estimate of drug-likeness (QED) is 0.391. The molecule has 0 bridgehead atoms. The van der Waals surface area contributed by atoms with Crippen molar-refractivity contribution in [2.45, 2.75) is 20.5 Å². The van der Waals surface area contributed by atoms with Crippen LogP contribution in [0.2, 0.25) is 0 Å². The fourth-order valence-corrected chi connectivity index (χ4v) is 2.83. The SMILES string of the molecule is CCOc1ccc(NC(=O)/C(C#N)=C/c2ccc(OCc3ccc(C)cc3)cc2)cc1. The van der Waals surface area contributed by atoms with Gasteiger partial charge >= 0.3 is 0 Å². The van der Waals surface area contributed by atoms with Gasteiger partial charge in [-0.05, 0) is 67.4 Å². The summed E-state index contributed by atoms with van der Waals surface area (Å²) in [7, 11) is 0. The third-order valence-electron chi connectivity index (χ3n) is 4.51. The summed E-state index contributed by atoms with van der Waals surface area (Å²) in [4.78, 5) is 12.5. The van der Waals surface area contributed by atoms with Crippen LogP contribution in [-0.4, -0.2) is 12.5 Å². The standard InChI is InChI=1S/C26H24N2O3/c1-3-30-24-14-10-23(11-15-24)28-26(29)22(17-27)16-20-8-12-25(13-9-20)31-18-21-6-4-19(2)5-7-21/h4-16H,3,18H2,1-2H3,(H,28,29)/b22-16+. The van der Waals surface area contributed by atoms with Crippen LogP contribution in [-0.2, 0) is 11.4 Å². The number of nitrogens with zero attached hydrogens (tertiary/aromatic N) is 1. The number of amides is 1. The molecule has 156 valence electrons. The molecule has 0 aliphatic heterocycles. The second-order valence-corrected chi connectivity index (χ2v) is 6.92. The summed E-state index contributed by atoms with van der Waals surface area (Å²) in [5.41, 5.74) is 3.64.